The molecule has 14 heteroatoms. The zero-order chi connectivity index (χ0) is 22.3. The van der Waals surface area contributed by atoms with Gasteiger partial charge in [0.25, 0.3) is 0 Å². The molecule has 0 saturated heterocycles. The van der Waals surface area contributed by atoms with E-state index in [-0.39, 0.29) is 0 Å². The number of halogens is 12. The van der Waals surface area contributed by atoms with Gasteiger partial charge in [0, 0.05) is 12.5 Å². The fourth-order valence-corrected chi connectivity index (χ4v) is 1.45. The minimum absolute atomic E-state index is 0.424. The van der Waals surface area contributed by atoms with Crippen molar-refractivity contribution in [2.75, 3.05) is 6.61 Å². The van der Waals surface area contributed by atoms with Crippen molar-refractivity contribution in [2.45, 2.75) is 55.8 Å². The molecule has 0 heterocycles. The van der Waals surface area contributed by atoms with Gasteiger partial charge in [0.05, 0.1) is 13.0 Å². The zero-order valence-electron chi connectivity index (χ0n) is 13.5. The second-order valence-electron chi connectivity index (χ2n) is 5.56. The summed E-state index contributed by atoms with van der Waals surface area (Å²) in [4.78, 5) is 10.9. The molecule has 0 saturated carbocycles. The Morgan fingerprint density at radius 2 is 1.15 bits per heavy atom. The van der Waals surface area contributed by atoms with E-state index in [1.165, 1.54) is 0 Å². The van der Waals surface area contributed by atoms with Crippen molar-refractivity contribution >= 4 is 5.97 Å². The number of carbonyl (C=O) groups excluding carboxylic acids is 1. The van der Waals surface area contributed by atoms with Gasteiger partial charge in [-0.25, -0.2) is 4.79 Å². The second kappa shape index (κ2) is 7.08. The molecule has 0 aromatic carbocycles. The van der Waals surface area contributed by atoms with Crippen LogP contribution in [0, 0.1) is 0 Å². The summed E-state index contributed by atoms with van der Waals surface area (Å²) < 4.78 is 161. The molecule has 0 fully saturated rings. The lowest BCUT2D eigenvalue weighted by Gasteiger charge is -2.40. The fraction of sp³-hybridized carbons (Fsp3) is 0.769. The quantitative estimate of drug-likeness (QED) is 0.282. The first-order valence-corrected chi connectivity index (χ1v) is 6.67. The minimum Gasteiger partial charge on any atom is -0.462 e. The number of alkyl halides is 12. The van der Waals surface area contributed by atoms with Crippen molar-refractivity contribution < 1.29 is 62.2 Å². The van der Waals surface area contributed by atoms with Crippen LogP contribution in [-0.4, -0.2) is 48.1 Å². The maximum Gasteiger partial charge on any atom is 0.384 e. The largest absolute Gasteiger partial charge is 0.462 e. The molecule has 160 valence electrons. The molecule has 0 aromatic rings. The molecular formula is C13H12F12O2. The molecule has 0 aliphatic carbocycles. The van der Waals surface area contributed by atoms with E-state index in [1.54, 1.807) is 0 Å². The number of rotatable bonds is 9. The first-order valence-electron chi connectivity index (χ1n) is 6.67. The van der Waals surface area contributed by atoms with Crippen LogP contribution in [0.4, 0.5) is 52.7 Å². The smallest absolute Gasteiger partial charge is 0.384 e. The maximum absolute atomic E-state index is 13.4. The summed E-state index contributed by atoms with van der Waals surface area (Å²) in [7, 11) is 0. The van der Waals surface area contributed by atoms with E-state index in [4.69, 9.17) is 0 Å². The third-order valence-corrected chi connectivity index (χ3v) is 3.19. The molecule has 0 spiro atoms. The van der Waals surface area contributed by atoms with Crippen LogP contribution >= 0.6 is 0 Å². The van der Waals surface area contributed by atoms with Crippen LogP contribution in [0.15, 0.2) is 12.2 Å². The van der Waals surface area contributed by atoms with Crippen molar-refractivity contribution in [1.82, 2.24) is 0 Å². The lowest BCUT2D eigenvalue weighted by atomic mass is 9.91. The van der Waals surface area contributed by atoms with Crippen LogP contribution in [-0.2, 0) is 9.53 Å². The molecule has 0 aromatic heterocycles. The molecule has 2 nitrogen and oxygen atoms in total. The summed E-state index contributed by atoms with van der Waals surface area (Å²) in [6.45, 7) is 1.25. The van der Waals surface area contributed by atoms with E-state index in [0.29, 0.717) is 0 Å². The van der Waals surface area contributed by atoms with Crippen molar-refractivity contribution in [1.29, 1.82) is 0 Å². The normalized spacial score (nSPS) is 14.9. The van der Waals surface area contributed by atoms with Gasteiger partial charge in [-0.05, 0) is 6.92 Å². The van der Waals surface area contributed by atoms with Crippen LogP contribution in [0.2, 0.25) is 0 Å². The third-order valence-electron chi connectivity index (χ3n) is 3.19. The predicted octanol–water partition coefficient (Wildman–Crippen LogP) is 5.33. The van der Waals surface area contributed by atoms with Crippen LogP contribution in [0.5, 0.6) is 0 Å². The van der Waals surface area contributed by atoms with Crippen molar-refractivity contribution in [3.8, 4) is 0 Å². The van der Waals surface area contributed by atoms with Gasteiger partial charge >= 0.3 is 41.5 Å². The van der Waals surface area contributed by atoms with Crippen LogP contribution in [0.1, 0.15) is 20.3 Å². The summed E-state index contributed by atoms with van der Waals surface area (Å²) in [5, 5.41) is 0. The molecular weight excluding hydrogens is 416 g/mol. The number of carbonyl (C=O) groups is 1. The van der Waals surface area contributed by atoms with Gasteiger partial charge in [-0.3, -0.25) is 0 Å². The summed E-state index contributed by atoms with van der Waals surface area (Å²) in [6, 6.07) is 0. The van der Waals surface area contributed by atoms with Gasteiger partial charge in [-0.1, -0.05) is 6.58 Å². The van der Waals surface area contributed by atoms with Crippen LogP contribution in [0.3, 0.4) is 0 Å². The second-order valence-corrected chi connectivity index (χ2v) is 5.56. The highest BCUT2D eigenvalue weighted by Gasteiger charge is 2.89. The molecule has 0 bridgehead atoms. The average molecular weight is 428 g/mol. The third kappa shape index (κ3) is 4.13. The molecule has 0 N–H and O–H groups in total. The summed E-state index contributed by atoms with van der Waals surface area (Å²) in [5.74, 6) is -43.0. The lowest BCUT2D eigenvalue weighted by Crippen LogP contribution is -2.70. The van der Waals surface area contributed by atoms with Gasteiger partial charge in [0.2, 0.25) is 0 Å². The van der Waals surface area contributed by atoms with Crippen molar-refractivity contribution in [3.05, 3.63) is 12.2 Å². The zero-order valence-corrected chi connectivity index (χ0v) is 13.5. The van der Waals surface area contributed by atoms with E-state index in [2.05, 4.69) is 11.3 Å². The molecule has 0 amide bonds. The van der Waals surface area contributed by atoms with E-state index < -0.39 is 67.0 Å². The summed E-state index contributed by atoms with van der Waals surface area (Å²) in [5.41, 5.74) is -0.424. The van der Waals surface area contributed by atoms with Gasteiger partial charge in [0.15, 0.2) is 0 Å². The maximum atomic E-state index is 13.4. The van der Waals surface area contributed by atoms with Crippen LogP contribution < -0.4 is 0 Å². The Balaban J connectivity index is 5.80. The average Bonchev–Trinajstić information content (AvgIpc) is 2.44. The van der Waals surface area contributed by atoms with E-state index in [0.717, 1.165) is 6.92 Å². The number of ether oxygens (including phenoxy) is 1. The highest BCUT2D eigenvalue weighted by Crippen LogP contribution is 2.60. The van der Waals surface area contributed by atoms with E-state index in [9.17, 15) is 57.5 Å². The summed E-state index contributed by atoms with van der Waals surface area (Å²) >= 11 is 0. The lowest BCUT2D eigenvalue weighted by molar-refractivity contribution is -0.423. The Kier molecular flexibility index (Phi) is 6.65. The Morgan fingerprint density at radius 3 is 1.48 bits per heavy atom. The standard InChI is InChI=1S/C13H12F12O2/c1-6(2)7(26)27-5-4-9(16,17)11(20,21)13(24,25)12(22,23)10(18,19)8(3,14)15/h1,4-5H2,2-3H3. The number of hydrogen-bond donors (Lipinski definition) is 0. The van der Waals surface area contributed by atoms with Crippen molar-refractivity contribution in [2.24, 2.45) is 0 Å². The topological polar surface area (TPSA) is 26.3 Å². The Hall–Kier alpha value is -1.63. The predicted molar refractivity (Wildman–Crippen MR) is 65.7 cm³/mol. The molecule has 0 atom stereocenters. The van der Waals surface area contributed by atoms with Crippen LogP contribution in [0.25, 0.3) is 0 Å². The Morgan fingerprint density at radius 1 is 0.778 bits per heavy atom. The molecule has 0 unspecified atom stereocenters. The van der Waals surface area contributed by atoms with Gasteiger partial charge < -0.3 is 4.74 Å². The highest BCUT2D eigenvalue weighted by atomic mass is 19.4. The Bertz CT molecular complexity index is 576. The number of hydrogen-bond acceptors (Lipinski definition) is 2. The first-order chi connectivity index (χ1) is 11.6. The molecule has 0 aliphatic rings. The summed E-state index contributed by atoms with van der Waals surface area (Å²) in [6.07, 6.45) is -2.50. The molecule has 27 heavy (non-hydrogen) atoms. The minimum atomic E-state index is -7.61. The number of esters is 1. The molecule has 0 rings (SSSR count). The van der Waals surface area contributed by atoms with Gasteiger partial charge in [-0.15, -0.1) is 0 Å². The van der Waals surface area contributed by atoms with Crippen molar-refractivity contribution in [3.63, 3.8) is 0 Å². The SMILES string of the molecule is C=C(C)C(=O)OCCC(F)(F)C(F)(F)C(F)(F)C(F)(F)C(F)(F)C(C)(F)F. The Labute approximate surface area is 144 Å². The van der Waals surface area contributed by atoms with Gasteiger partial charge in [0.1, 0.15) is 0 Å². The van der Waals surface area contributed by atoms with Gasteiger partial charge in [-0.2, -0.15) is 52.7 Å². The van der Waals surface area contributed by atoms with E-state index in [1.807, 2.05) is 0 Å². The van der Waals surface area contributed by atoms with E-state index >= 15 is 0 Å². The monoisotopic (exact) mass is 428 g/mol. The molecule has 0 radical (unpaired) electrons. The first kappa shape index (κ1) is 25.4. The molecule has 0 aliphatic heterocycles. The fourth-order valence-electron chi connectivity index (χ4n) is 1.45. The highest BCUT2D eigenvalue weighted by molar-refractivity contribution is 5.86.